The number of carbonyl (C=O) groups excluding carboxylic acids is 1. The average molecular weight is 313 g/mol. The van der Waals surface area contributed by atoms with Gasteiger partial charge in [-0.25, -0.2) is 0 Å². The van der Waals surface area contributed by atoms with E-state index in [0.717, 1.165) is 32.4 Å². The first-order valence-corrected chi connectivity index (χ1v) is 7.91. The second-order valence-electron chi connectivity index (χ2n) is 5.55. The highest BCUT2D eigenvalue weighted by Gasteiger charge is 2.36. The van der Waals surface area contributed by atoms with Gasteiger partial charge in [-0.15, -0.1) is 0 Å². The molecule has 0 unspecified atom stereocenters. The standard InChI is InChI=1S/C15H18Cl2N2O/c16-13-6-2-5-12(14(13)17)15(20)19(10-3-1-4-10)11-7-8-18-9-11/h2,5-6,10-11,18H,1,3-4,7-9H2/t11-/m1/s1. The third-order valence-corrected chi connectivity index (χ3v) is 5.13. The summed E-state index contributed by atoms with van der Waals surface area (Å²) in [6.07, 6.45) is 4.42. The van der Waals surface area contributed by atoms with Crippen LogP contribution in [0.5, 0.6) is 0 Å². The number of benzene rings is 1. The summed E-state index contributed by atoms with van der Waals surface area (Å²) in [5, 5.41) is 4.15. The highest BCUT2D eigenvalue weighted by Crippen LogP contribution is 2.32. The van der Waals surface area contributed by atoms with Crippen LogP contribution in [0.15, 0.2) is 18.2 Å². The zero-order valence-electron chi connectivity index (χ0n) is 11.2. The van der Waals surface area contributed by atoms with Gasteiger partial charge in [0.25, 0.3) is 5.91 Å². The molecule has 1 saturated heterocycles. The van der Waals surface area contributed by atoms with Crippen LogP contribution in [-0.2, 0) is 0 Å². The van der Waals surface area contributed by atoms with E-state index in [1.54, 1.807) is 18.2 Å². The number of carbonyl (C=O) groups is 1. The van der Waals surface area contributed by atoms with Gasteiger partial charge >= 0.3 is 0 Å². The quantitative estimate of drug-likeness (QED) is 0.928. The first-order valence-electron chi connectivity index (χ1n) is 7.16. The highest BCUT2D eigenvalue weighted by atomic mass is 35.5. The Balaban J connectivity index is 1.89. The number of nitrogens with one attached hydrogen (secondary N) is 1. The molecule has 1 amide bonds. The van der Waals surface area contributed by atoms with Crippen LogP contribution in [0.2, 0.25) is 10.0 Å². The number of hydrogen-bond donors (Lipinski definition) is 1. The maximum atomic E-state index is 12.9. The van der Waals surface area contributed by atoms with E-state index in [1.165, 1.54) is 6.42 Å². The Bertz CT molecular complexity index is 511. The number of amides is 1. The lowest BCUT2D eigenvalue weighted by atomic mass is 9.89. The van der Waals surface area contributed by atoms with Gasteiger partial charge < -0.3 is 10.2 Å². The Morgan fingerprint density at radius 2 is 2.00 bits per heavy atom. The Labute approximate surface area is 129 Å². The lowest BCUT2D eigenvalue weighted by molar-refractivity contribution is 0.0465. The fourth-order valence-corrected chi connectivity index (χ4v) is 3.36. The molecular formula is C15H18Cl2N2O. The number of halogens is 2. The summed E-state index contributed by atoms with van der Waals surface area (Å²) < 4.78 is 0. The van der Waals surface area contributed by atoms with Crippen molar-refractivity contribution in [3.8, 4) is 0 Å². The van der Waals surface area contributed by atoms with E-state index in [2.05, 4.69) is 5.32 Å². The van der Waals surface area contributed by atoms with E-state index in [9.17, 15) is 4.79 Å². The van der Waals surface area contributed by atoms with E-state index >= 15 is 0 Å². The van der Waals surface area contributed by atoms with Crippen LogP contribution >= 0.6 is 23.2 Å². The zero-order valence-corrected chi connectivity index (χ0v) is 12.8. The molecule has 5 heteroatoms. The second-order valence-corrected chi connectivity index (χ2v) is 6.33. The van der Waals surface area contributed by atoms with Gasteiger partial charge in [-0.05, 0) is 44.4 Å². The van der Waals surface area contributed by atoms with Gasteiger partial charge in [0.2, 0.25) is 0 Å². The zero-order chi connectivity index (χ0) is 14.1. The summed E-state index contributed by atoms with van der Waals surface area (Å²) in [6, 6.07) is 5.91. The van der Waals surface area contributed by atoms with Gasteiger partial charge in [-0.1, -0.05) is 29.3 Å². The monoisotopic (exact) mass is 312 g/mol. The van der Waals surface area contributed by atoms with E-state index in [4.69, 9.17) is 23.2 Å². The molecular weight excluding hydrogens is 295 g/mol. The Morgan fingerprint density at radius 1 is 1.20 bits per heavy atom. The number of nitrogens with zero attached hydrogens (tertiary/aromatic N) is 1. The molecule has 0 aromatic heterocycles. The summed E-state index contributed by atoms with van der Waals surface area (Å²) in [5.41, 5.74) is 0.526. The molecule has 1 saturated carbocycles. The molecule has 2 fully saturated rings. The molecule has 0 radical (unpaired) electrons. The van der Waals surface area contributed by atoms with E-state index in [1.807, 2.05) is 4.90 Å². The molecule has 3 nitrogen and oxygen atoms in total. The Hall–Kier alpha value is -0.770. The van der Waals surface area contributed by atoms with Crippen molar-refractivity contribution in [2.75, 3.05) is 13.1 Å². The summed E-state index contributed by atoms with van der Waals surface area (Å²) >= 11 is 12.2. The molecule has 2 aliphatic rings. The first kappa shape index (κ1) is 14.2. The molecule has 108 valence electrons. The Kier molecular flexibility index (Phi) is 4.20. The molecule has 1 N–H and O–H groups in total. The summed E-state index contributed by atoms with van der Waals surface area (Å²) in [7, 11) is 0. The molecule has 1 aliphatic heterocycles. The molecule has 1 aromatic rings. The average Bonchev–Trinajstić information content (AvgIpc) is 2.89. The predicted molar refractivity (Wildman–Crippen MR) is 81.5 cm³/mol. The number of hydrogen-bond acceptors (Lipinski definition) is 2. The lowest BCUT2D eigenvalue weighted by Crippen LogP contribution is -2.51. The topological polar surface area (TPSA) is 32.3 Å². The second kappa shape index (κ2) is 5.92. The Morgan fingerprint density at radius 3 is 2.60 bits per heavy atom. The maximum absolute atomic E-state index is 12.9. The van der Waals surface area contributed by atoms with Crippen LogP contribution in [0.25, 0.3) is 0 Å². The smallest absolute Gasteiger partial charge is 0.255 e. The lowest BCUT2D eigenvalue weighted by Gasteiger charge is -2.41. The minimum atomic E-state index is 0.0240. The third kappa shape index (κ3) is 2.54. The largest absolute Gasteiger partial charge is 0.331 e. The molecule has 0 bridgehead atoms. The van der Waals surface area contributed by atoms with Crippen molar-refractivity contribution >= 4 is 29.1 Å². The van der Waals surface area contributed by atoms with Crippen LogP contribution in [0.3, 0.4) is 0 Å². The minimum absolute atomic E-state index is 0.0240. The van der Waals surface area contributed by atoms with Crippen molar-refractivity contribution in [1.29, 1.82) is 0 Å². The van der Waals surface area contributed by atoms with Crippen molar-refractivity contribution in [2.45, 2.75) is 37.8 Å². The van der Waals surface area contributed by atoms with Crippen LogP contribution in [0.1, 0.15) is 36.0 Å². The van der Waals surface area contributed by atoms with Gasteiger partial charge in [-0.2, -0.15) is 0 Å². The minimum Gasteiger partial charge on any atom is -0.331 e. The van der Waals surface area contributed by atoms with Crippen molar-refractivity contribution in [3.05, 3.63) is 33.8 Å². The molecule has 1 aliphatic carbocycles. The van der Waals surface area contributed by atoms with E-state index in [-0.39, 0.29) is 11.9 Å². The van der Waals surface area contributed by atoms with Gasteiger partial charge in [0, 0.05) is 18.6 Å². The van der Waals surface area contributed by atoms with Gasteiger partial charge in [-0.3, -0.25) is 4.79 Å². The van der Waals surface area contributed by atoms with Gasteiger partial charge in [0.15, 0.2) is 0 Å². The summed E-state index contributed by atoms with van der Waals surface area (Å²) in [6.45, 7) is 1.85. The van der Waals surface area contributed by atoms with Gasteiger partial charge in [0.1, 0.15) is 0 Å². The van der Waals surface area contributed by atoms with Gasteiger partial charge in [0.05, 0.1) is 15.6 Å². The number of rotatable bonds is 3. The fraction of sp³-hybridized carbons (Fsp3) is 0.533. The van der Waals surface area contributed by atoms with Crippen molar-refractivity contribution in [1.82, 2.24) is 10.2 Å². The van der Waals surface area contributed by atoms with Crippen LogP contribution in [0.4, 0.5) is 0 Å². The molecule has 1 aromatic carbocycles. The van der Waals surface area contributed by atoms with Crippen LogP contribution in [0, 0.1) is 0 Å². The van der Waals surface area contributed by atoms with Crippen molar-refractivity contribution in [2.24, 2.45) is 0 Å². The molecule has 1 heterocycles. The maximum Gasteiger partial charge on any atom is 0.255 e. The van der Waals surface area contributed by atoms with E-state index in [0.29, 0.717) is 21.7 Å². The normalized spacial score (nSPS) is 22.6. The van der Waals surface area contributed by atoms with Crippen molar-refractivity contribution < 1.29 is 4.79 Å². The predicted octanol–water partition coefficient (Wildman–Crippen LogP) is 3.35. The highest BCUT2D eigenvalue weighted by molar-refractivity contribution is 6.43. The third-order valence-electron chi connectivity index (χ3n) is 4.31. The molecule has 20 heavy (non-hydrogen) atoms. The molecule has 3 rings (SSSR count). The first-order chi connectivity index (χ1) is 9.68. The summed E-state index contributed by atoms with van der Waals surface area (Å²) in [4.78, 5) is 14.9. The van der Waals surface area contributed by atoms with Crippen molar-refractivity contribution in [3.63, 3.8) is 0 Å². The van der Waals surface area contributed by atoms with Crippen LogP contribution < -0.4 is 5.32 Å². The fourth-order valence-electron chi connectivity index (χ4n) is 2.98. The van der Waals surface area contributed by atoms with E-state index < -0.39 is 0 Å². The van der Waals surface area contributed by atoms with Crippen LogP contribution in [-0.4, -0.2) is 36.0 Å². The summed E-state index contributed by atoms with van der Waals surface area (Å²) in [5.74, 6) is 0.0240. The SMILES string of the molecule is O=C(c1cccc(Cl)c1Cl)N(C1CCC1)[C@@H]1CCNC1. The molecule has 0 spiro atoms. The molecule has 1 atom stereocenters.